The van der Waals surface area contributed by atoms with Gasteiger partial charge < -0.3 is 9.80 Å². The summed E-state index contributed by atoms with van der Waals surface area (Å²) in [5.41, 5.74) is 2.92. The quantitative estimate of drug-likeness (QED) is 0.662. The van der Waals surface area contributed by atoms with Gasteiger partial charge in [-0.1, -0.05) is 54.6 Å². The molecule has 4 rings (SSSR count). The van der Waals surface area contributed by atoms with Gasteiger partial charge in [0, 0.05) is 50.5 Å². The number of benzene rings is 2. The maximum atomic E-state index is 13.1. The van der Waals surface area contributed by atoms with E-state index in [0.717, 1.165) is 43.4 Å². The second-order valence-corrected chi connectivity index (χ2v) is 8.57. The Morgan fingerprint density at radius 1 is 0.871 bits per heavy atom. The van der Waals surface area contributed by atoms with Gasteiger partial charge in [0.1, 0.15) is 0 Å². The molecule has 0 aromatic heterocycles. The van der Waals surface area contributed by atoms with Crippen LogP contribution in [-0.2, 0) is 9.59 Å². The summed E-state index contributed by atoms with van der Waals surface area (Å²) in [5, 5.41) is 0. The molecule has 162 valence electrons. The van der Waals surface area contributed by atoms with E-state index < -0.39 is 0 Å². The minimum absolute atomic E-state index is 0.0512. The van der Waals surface area contributed by atoms with E-state index in [1.165, 1.54) is 0 Å². The number of piperidine rings is 2. The lowest BCUT2D eigenvalue weighted by molar-refractivity contribution is -0.136. The van der Waals surface area contributed by atoms with Gasteiger partial charge in [-0.2, -0.15) is 0 Å². The number of carbonyl (C=O) groups excluding carboxylic acids is 3. The smallest absolute Gasteiger partial charge is 0.224 e. The first-order valence-electron chi connectivity index (χ1n) is 11.4. The molecule has 0 radical (unpaired) electrons. The molecule has 2 fully saturated rings. The maximum absolute atomic E-state index is 13.1. The van der Waals surface area contributed by atoms with Gasteiger partial charge in [0.25, 0.3) is 0 Å². The highest BCUT2D eigenvalue weighted by atomic mass is 16.2. The molecule has 2 saturated heterocycles. The Kier molecular flexibility index (Phi) is 6.80. The average molecular weight is 419 g/mol. The molecule has 0 bridgehead atoms. The number of hydrogen-bond donors (Lipinski definition) is 0. The van der Waals surface area contributed by atoms with E-state index in [1.54, 1.807) is 0 Å². The van der Waals surface area contributed by atoms with Gasteiger partial charge in [-0.15, -0.1) is 0 Å². The van der Waals surface area contributed by atoms with Crippen molar-refractivity contribution in [2.75, 3.05) is 26.2 Å². The molecule has 2 heterocycles. The van der Waals surface area contributed by atoms with Gasteiger partial charge in [-0.3, -0.25) is 14.4 Å². The first-order chi connectivity index (χ1) is 15.1. The van der Waals surface area contributed by atoms with Gasteiger partial charge in [0.05, 0.1) is 0 Å². The minimum atomic E-state index is -0.156. The van der Waals surface area contributed by atoms with Crippen molar-refractivity contribution in [1.29, 1.82) is 0 Å². The lowest BCUT2D eigenvalue weighted by atomic mass is 9.89. The van der Waals surface area contributed by atoms with Crippen LogP contribution in [-0.4, -0.2) is 53.6 Å². The van der Waals surface area contributed by atoms with Crippen molar-refractivity contribution in [3.05, 3.63) is 60.2 Å². The number of nitrogens with zero attached hydrogens (tertiary/aromatic N) is 2. The summed E-state index contributed by atoms with van der Waals surface area (Å²) in [4.78, 5) is 41.4. The minimum Gasteiger partial charge on any atom is -0.342 e. The van der Waals surface area contributed by atoms with Gasteiger partial charge in [0.15, 0.2) is 5.78 Å². The third kappa shape index (κ3) is 5.22. The van der Waals surface area contributed by atoms with Gasteiger partial charge >= 0.3 is 0 Å². The highest BCUT2D eigenvalue weighted by Crippen LogP contribution is 2.24. The van der Waals surface area contributed by atoms with Crippen molar-refractivity contribution in [2.45, 2.75) is 38.5 Å². The zero-order valence-electron chi connectivity index (χ0n) is 18.0. The topological polar surface area (TPSA) is 57.7 Å². The fraction of sp³-hybridized carbons (Fsp3) is 0.423. The Morgan fingerprint density at radius 2 is 1.61 bits per heavy atom. The van der Waals surface area contributed by atoms with E-state index in [9.17, 15) is 14.4 Å². The first kappa shape index (κ1) is 21.3. The number of likely N-dealkylation sites (tertiary alicyclic amines) is 2. The predicted molar refractivity (Wildman–Crippen MR) is 121 cm³/mol. The average Bonchev–Trinajstić information content (AvgIpc) is 2.83. The van der Waals surface area contributed by atoms with E-state index in [2.05, 4.69) is 12.1 Å². The number of Topliss-reactive ketones (excluding diaryl/α,β-unsaturated/α-hetero) is 1. The Labute approximate surface area is 184 Å². The van der Waals surface area contributed by atoms with Crippen molar-refractivity contribution in [1.82, 2.24) is 9.80 Å². The zero-order valence-corrected chi connectivity index (χ0v) is 18.0. The highest BCUT2D eigenvalue weighted by molar-refractivity contribution is 5.98. The molecule has 5 heteroatoms. The van der Waals surface area contributed by atoms with E-state index in [0.29, 0.717) is 38.0 Å². The lowest BCUT2D eigenvalue weighted by Crippen LogP contribution is -2.44. The molecule has 1 unspecified atom stereocenters. The molecule has 2 aliphatic heterocycles. The van der Waals surface area contributed by atoms with Crippen molar-refractivity contribution in [3.63, 3.8) is 0 Å². The molecular weight excluding hydrogens is 388 g/mol. The van der Waals surface area contributed by atoms with Gasteiger partial charge in [-0.05, 0) is 36.8 Å². The van der Waals surface area contributed by atoms with Crippen molar-refractivity contribution in [3.8, 4) is 11.1 Å². The van der Waals surface area contributed by atoms with Crippen LogP contribution in [0.4, 0.5) is 0 Å². The lowest BCUT2D eigenvalue weighted by Gasteiger charge is -2.33. The summed E-state index contributed by atoms with van der Waals surface area (Å²) in [5.74, 6) is 0.167. The Hall–Kier alpha value is -2.95. The number of hydrogen-bond acceptors (Lipinski definition) is 3. The van der Waals surface area contributed by atoms with Crippen LogP contribution in [0, 0.1) is 5.92 Å². The summed E-state index contributed by atoms with van der Waals surface area (Å²) in [6.07, 6.45) is 4.56. The van der Waals surface area contributed by atoms with Gasteiger partial charge in [0.2, 0.25) is 11.8 Å². The summed E-state index contributed by atoms with van der Waals surface area (Å²) in [6, 6.07) is 17.9. The van der Waals surface area contributed by atoms with Crippen molar-refractivity contribution < 1.29 is 14.4 Å². The monoisotopic (exact) mass is 418 g/mol. The third-order valence-electron chi connectivity index (χ3n) is 6.44. The second kappa shape index (κ2) is 9.90. The first-order valence-corrected chi connectivity index (χ1v) is 11.4. The van der Waals surface area contributed by atoms with E-state index in [-0.39, 0.29) is 23.5 Å². The van der Waals surface area contributed by atoms with Gasteiger partial charge in [-0.25, -0.2) is 0 Å². The van der Waals surface area contributed by atoms with Crippen LogP contribution in [0.25, 0.3) is 11.1 Å². The summed E-state index contributed by atoms with van der Waals surface area (Å²) >= 11 is 0. The number of rotatable bonds is 6. The third-order valence-corrected chi connectivity index (χ3v) is 6.44. The molecule has 0 spiro atoms. The molecular formula is C26H30N2O3. The molecule has 2 aliphatic rings. The SMILES string of the molecule is O=C(c1ccc(-c2ccccc2)cc1)C1CCCN(C(=O)CCN2CCCCC2=O)C1. The largest absolute Gasteiger partial charge is 0.342 e. The molecule has 0 saturated carbocycles. The summed E-state index contributed by atoms with van der Waals surface area (Å²) < 4.78 is 0. The predicted octanol–water partition coefficient (Wildman–Crippen LogP) is 4.18. The summed E-state index contributed by atoms with van der Waals surface area (Å²) in [7, 11) is 0. The maximum Gasteiger partial charge on any atom is 0.224 e. The molecule has 5 nitrogen and oxygen atoms in total. The fourth-order valence-corrected chi connectivity index (χ4v) is 4.60. The molecule has 1 atom stereocenters. The Balaban J connectivity index is 1.33. The molecule has 2 amide bonds. The van der Waals surface area contributed by atoms with Crippen LogP contribution in [0.2, 0.25) is 0 Å². The fourth-order valence-electron chi connectivity index (χ4n) is 4.60. The number of carbonyl (C=O) groups is 3. The molecule has 0 N–H and O–H groups in total. The standard InChI is InChI=1S/C26H30N2O3/c29-24-10-4-5-16-27(24)18-15-25(30)28-17-6-9-23(19-28)26(31)22-13-11-21(12-14-22)20-7-2-1-3-8-20/h1-3,7-8,11-14,23H,4-6,9-10,15-19H2. The molecule has 2 aromatic rings. The van der Waals surface area contributed by atoms with Crippen molar-refractivity contribution >= 4 is 17.6 Å². The van der Waals surface area contributed by atoms with E-state index in [4.69, 9.17) is 0 Å². The highest BCUT2D eigenvalue weighted by Gasteiger charge is 2.29. The van der Waals surface area contributed by atoms with Crippen LogP contribution in [0.3, 0.4) is 0 Å². The molecule has 0 aliphatic carbocycles. The Morgan fingerprint density at radius 3 is 2.35 bits per heavy atom. The van der Waals surface area contributed by atoms with E-state index >= 15 is 0 Å². The van der Waals surface area contributed by atoms with Crippen molar-refractivity contribution in [2.24, 2.45) is 5.92 Å². The van der Waals surface area contributed by atoms with Crippen LogP contribution in [0.5, 0.6) is 0 Å². The van der Waals surface area contributed by atoms with Crippen LogP contribution < -0.4 is 0 Å². The second-order valence-electron chi connectivity index (χ2n) is 8.57. The number of ketones is 1. The molecule has 31 heavy (non-hydrogen) atoms. The normalized spacial score (nSPS) is 19.4. The van der Waals surface area contributed by atoms with Crippen LogP contribution >= 0.6 is 0 Å². The van der Waals surface area contributed by atoms with Crippen LogP contribution in [0.1, 0.15) is 48.9 Å². The Bertz CT molecular complexity index is 923. The molecule has 2 aromatic carbocycles. The zero-order chi connectivity index (χ0) is 21.6. The van der Waals surface area contributed by atoms with Crippen LogP contribution in [0.15, 0.2) is 54.6 Å². The number of amides is 2. The van der Waals surface area contributed by atoms with E-state index in [1.807, 2.05) is 52.3 Å². The summed E-state index contributed by atoms with van der Waals surface area (Å²) in [6.45, 7) is 2.43.